The molecule has 0 radical (unpaired) electrons. The van der Waals surface area contributed by atoms with Crippen LogP contribution in [0, 0.1) is 0 Å². The summed E-state index contributed by atoms with van der Waals surface area (Å²) >= 11 is 0. The van der Waals surface area contributed by atoms with Crippen molar-refractivity contribution >= 4 is 11.8 Å². The van der Waals surface area contributed by atoms with Crippen LogP contribution in [0.1, 0.15) is 33.1 Å². The molecule has 0 aromatic rings. The van der Waals surface area contributed by atoms with Gasteiger partial charge in [-0.25, -0.2) is 0 Å². The molecule has 0 spiro atoms. The molecule has 0 bridgehead atoms. The summed E-state index contributed by atoms with van der Waals surface area (Å²) in [5.41, 5.74) is 4.57. The molecule has 15 heavy (non-hydrogen) atoms. The van der Waals surface area contributed by atoms with E-state index in [9.17, 15) is 9.59 Å². The monoisotopic (exact) mass is 213 g/mol. The minimum absolute atomic E-state index is 0.100. The molecule has 1 aliphatic rings. The van der Waals surface area contributed by atoms with Gasteiger partial charge in [0.25, 0.3) is 0 Å². The average molecular weight is 213 g/mol. The predicted octanol–water partition coefficient (Wildman–Crippen LogP) is -0.491. The largest absolute Gasteiger partial charge is 0.342 e. The number of amides is 2. The van der Waals surface area contributed by atoms with Crippen LogP contribution in [-0.2, 0) is 9.59 Å². The molecule has 1 rings (SSSR count). The van der Waals surface area contributed by atoms with E-state index in [1.165, 1.54) is 0 Å². The Hall–Kier alpha value is -1.10. The third kappa shape index (κ3) is 2.92. The Kier molecular flexibility index (Phi) is 3.68. The minimum atomic E-state index is -0.790. The van der Waals surface area contributed by atoms with Crippen molar-refractivity contribution in [1.82, 2.24) is 10.6 Å². The molecule has 86 valence electrons. The lowest BCUT2D eigenvalue weighted by molar-refractivity contribution is -0.140. The summed E-state index contributed by atoms with van der Waals surface area (Å²) in [4.78, 5) is 23.1. The standard InChI is InChI=1S/C10H19N3O2/c1-10(2)9(15)12-7(8(14)13-10)5-3-4-6-11/h7H,3-6,11H2,1-2H3,(H,12,15)(H,13,14). The van der Waals surface area contributed by atoms with E-state index < -0.39 is 11.6 Å². The van der Waals surface area contributed by atoms with Crippen molar-refractivity contribution < 1.29 is 9.59 Å². The van der Waals surface area contributed by atoms with Gasteiger partial charge in [-0.2, -0.15) is 0 Å². The third-order valence-electron chi connectivity index (χ3n) is 2.57. The Balaban J connectivity index is 2.48. The second-order valence-electron chi connectivity index (χ2n) is 4.42. The highest BCUT2D eigenvalue weighted by Crippen LogP contribution is 2.12. The lowest BCUT2D eigenvalue weighted by Gasteiger charge is -2.34. The lowest BCUT2D eigenvalue weighted by atomic mass is 9.97. The Bertz CT molecular complexity index is 263. The highest BCUT2D eigenvalue weighted by Gasteiger charge is 2.38. The minimum Gasteiger partial charge on any atom is -0.342 e. The van der Waals surface area contributed by atoms with Crippen molar-refractivity contribution in [1.29, 1.82) is 0 Å². The first-order valence-corrected chi connectivity index (χ1v) is 5.30. The van der Waals surface area contributed by atoms with Gasteiger partial charge in [-0.15, -0.1) is 0 Å². The average Bonchev–Trinajstić information content (AvgIpc) is 2.13. The second kappa shape index (κ2) is 4.61. The van der Waals surface area contributed by atoms with Crippen molar-refractivity contribution in [3.63, 3.8) is 0 Å². The van der Waals surface area contributed by atoms with Crippen LogP contribution in [0.3, 0.4) is 0 Å². The number of carbonyl (C=O) groups excluding carboxylic acids is 2. The predicted molar refractivity (Wildman–Crippen MR) is 57.1 cm³/mol. The molecule has 2 amide bonds. The molecule has 0 saturated carbocycles. The number of unbranched alkanes of at least 4 members (excludes halogenated alkanes) is 1. The van der Waals surface area contributed by atoms with Gasteiger partial charge in [0.15, 0.2) is 0 Å². The first-order valence-electron chi connectivity index (χ1n) is 5.30. The van der Waals surface area contributed by atoms with Crippen molar-refractivity contribution in [2.45, 2.75) is 44.7 Å². The normalized spacial score (nSPS) is 24.6. The van der Waals surface area contributed by atoms with Crippen LogP contribution in [0.5, 0.6) is 0 Å². The number of hydrogen-bond donors (Lipinski definition) is 3. The van der Waals surface area contributed by atoms with Gasteiger partial charge in [0.2, 0.25) is 11.8 Å². The SMILES string of the molecule is CC1(C)NC(=O)C(CCCCN)NC1=O. The van der Waals surface area contributed by atoms with Crippen molar-refractivity contribution in [3.05, 3.63) is 0 Å². The fraction of sp³-hybridized carbons (Fsp3) is 0.800. The van der Waals surface area contributed by atoms with Gasteiger partial charge in [0.1, 0.15) is 11.6 Å². The van der Waals surface area contributed by atoms with E-state index in [0.717, 1.165) is 12.8 Å². The summed E-state index contributed by atoms with van der Waals surface area (Å²) in [6.07, 6.45) is 2.39. The first-order chi connectivity index (χ1) is 6.97. The number of hydrogen-bond acceptors (Lipinski definition) is 3. The summed E-state index contributed by atoms with van der Waals surface area (Å²) in [5, 5.41) is 5.42. The summed E-state index contributed by atoms with van der Waals surface area (Å²) in [6, 6.07) is -0.392. The van der Waals surface area contributed by atoms with E-state index in [1.54, 1.807) is 13.8 Å². The molecule has 4 N–H and O–H groups in total. The zero-order valence-corrected chi connectivity index (χ0v) is 9.30. The Morgan fingerprint density at radius 2 is 2.00 bits per heavy atom. The topological polar surface area (TPSA) is 84.2 Å². The van der Waals surface area contributed by atoms with E-state index in [0.29, 0.717) is 13.0 Å². The van der Waals surface area contributed by atoms with Crippen LogP contribution in [0.4, 0.5) is 0 Å². The van der Waals surface area contributed by atoms with E-state index >= 15 is 0 Å². The van der Waals surface area contributed by atoms with Crippen LogP contribution in [0.25, 0.3) is 0 Å². The fourth-order valence-corrected chi connectivity index (χ4v) is 1.55. The third-order valence-corrected chi connectivity index (χ3v) is 2.57. The van der Waals surface area contributed by atoms with Crippen molar-refractivity contribution in [2.24, 2.45) is 5.73 Å². The van der Waals surface area contributed by atoms with Gasteiger partial charge >= 0.3 is 0 Å². The number of nitrogens with one attached hydrogen (secondary N) is 2. The van der Waals surface area contributed by atoms with Gasteiger partial charge in [-0.3, -0.25) is 9.59 Å². The molecule has 5 heteroatoms. The molecule has 0 aromatic carbocycles. The molecule has 1 saturated heterocycles. The van der Waals surface area contributed by atoms with Gasteiger partial charge in [-0.05, 0) is 39.7 Å². The molecule has 5 nitrogen and oxygen atoms in total. The van der Waals surface area contributed by atoms with Gasteiger partial charge < -0.3 is 16.4 Å². The van der Waals surface area contributed by atoms with Crippen LogP contribution in [0.15, 0.2) is 0 Å². The van der Waals surface area contributed by atoms with E-state index in [1.807, 2.05) is 0 Å². The molecule has 1 heterocycles. The zero-order chi connectivity index (χ0) is 11.5. The smallest absolute Gasteiger partial charge is 0.245 e. The Morgan fingerprint density at radius 3 is 2.60 bits per heavy atom. The molecule has 1 unspecified atom stereocenters. The van der Waals surface area contributed by atoms with Crippen molar-refractivity contribution in [2.75, 3.05) is 6.54 Å². The van der Waals surface area contributed by atoms with E-state index in [-0.39, 0.29) is 11.8 Å². The maximum Gasteiger partial charge on any atom is 0.245 e. The highest BCUT2D eigenvalue weighted by atomic mass is 16.2. The summed E-state index contributed by atoms with van der Waals surface area (Å²) in [6.45, 7) is 4.00. The Morgan fingerprint density at radius 1 is 1.33 bits per heavy atom. The summed E-state index contributed by atoms with van der Waals surface area (Å²) in [7, 11) is 0. The van der Waals surface area contributed by atoms with Crippen molar-refractivity contribution in [3.8, 4) is 0 Å². The first kappa shape index (κ1) is 12.0. The highest BCUT2D eigenvalue weighted by molar-refractivity contribution is 5.99. The fourth-order valence-electron chi connectivity index (χ4n) is 1.55. The van der Waals surface area contributed by atoms with Crippen LogP contribution < -0.4 is 16.4 Å². The van der Waals surface area contributed by atoms with Gasteiger partial charge in [0.05, 0.1) is 0 Å². The lowest BCUT2D eigenvalue weighted by Crippen LogP contribution is -2.66. The number of rotatable bonds is 4. The Labute approximate surface area is 89.8 Å². The van der Waals surface area contributed by atoms with Crippen LogP contribution >= 0.6 is 0 Å². The maximum atomic E-state index is 11.6. The van der Waals surface area contributed by atoms with Gasteiger partial charge in [-0.1, -0.05) is 0 Å². The van der Waals surface area contributed by atoms with E-state index in [2.05, 4.69) is 10.6 Å². The number of piperazine rings is 1. The molecular formula is C10H19N3O2. The number of carbonyl (C=O) groups is 2. The van der Waals surface area contributed by atoms with Gasteiger partial charge in [0, 0.05) is 0 Å². The molecule has 1 fully saturated rings. The number of nitrogens with two attached hydrogens (primary N) is 1. The summed E-state index contributed by atoms with van der Waals surface area (Å²) < 4.78 is 0. The molecule has 1 atom stereocenters. The zero-order valence-electron chi connectivity index (χ0n) is 9.30. The quantitative estimate of drug-likeness (QED) is 0.551. The van der Waals surface area contributed by atoms with Crippen LogP contribution in [0.2, 0.25) is 0 Å². The summed E-state index contributed by atoms with van der Waals surface area (Å²) in [5.74, 6) is -0.225. The molecule has 0 aromatic heterocycles. The molecule has 0 aliphatic carbocycles. The molecule has 1 aliphatic heterocycles. The maximum absolute atomic E-state index is 11.6. The van der Waals surface area contributed by atoms with Crippen LogP contribution in [-0.4, -0.2) is 29.9 Å². The van der Waals surface area contributed by atoms with E-state index in [4.69, 9.17) is 5.73 Å². The molecular weight excluding hydrogens is 194 g/mol. The second-order valence-corrected chi connectivity index (χ2v) is 4.42.